The van der Waals surface area contributed by atoms with Crippen LogP contribution in [-0.4, -0.2) is 85.5 Å². The maximum absolute atomic E-state index is 12.7. The van der Waals surface area contributed by atoms with Crippen molar-refractivity contribution in [3.05, 3.63) is 30.6 Å². The van der Waals surface area contributed by atoms with Gasteiger partial charge in [-0.2, -0.15) is 4.98 Å². The number of nitrogens with one attached hydrogen (secondary N) is 1. The predicted molar refractivity (Wildman–Crippen MR) is 127 cm³/mol. The third kappa shape index (κ3) is 4.83. The Hall–Kier alpha value is -3.24. The molecule has 2 saturated heterocycles. The van der Waals surface area contributed by atoms with Gasteiger partial charge in [-0.1, -0.05) is 5.16 Å². The molecule has 3 aromatic rings. The van der Waals surface area contributed by atoms with E-state index in [-0.39, 0.29) is 11.8 Å². The number of carbonyl (C=O) groups is 1. The van der Waals surface area contributed by atoms with Gasteiger partial charge in [0.05, 0.1) is 20.3 Å². The minimum absolute atomic E-state index is 0.0156. The third-order valence-corrected chi connectivity index (χ3v) is 6.61. The van der Waals surface area contributed by atoms with Crippen molar-refractivity contribution >= 4 is 22.8 Å². The molecular weight excluding hydrogens is 436 g/mol. The highest BCUT2D eigenvalue weighted by atomic mass is 16.5. The SMILES string of the molecule is COc1ccc(-c2noc3ncnc(N4CCC(C(=O)NCCN5CCOCC5)CC4)c23)cc1. The zero-order valence-corrected chi connectivity index (χ0v) is 19.4. The number of benzene rings is 1. The number of fused-ring (bicyclic) bond motifs is 1. The topological polar surface area (TPSA) is 106 Å². The monoisotopic (exact) mass is 466 g/mol. The van der Waals surface area contributed by atoms with Gasteiger partial charge in [0.2, 0.25) is 5.91 Å². The number of ether oxygens (including phenoxy) is 2. The maximum atomic E-state index is 12.7. The summed E-state index contributed by atoms with van der Waals surface area (Å²) in [7, 11) is 1.64. The van der Waals surface area contributed by atoms with Crippen LogP contribution in [0.4, 0.5) is 5.82 Å². The molecule has 10 heteroatoms. The minimum Gasteiger partial charge on any atom is -0.497 e. The summed E-state index contributed by atoms with van der Waals surface area (Å²) in [6.07, 6.45) is 3.06. The van der Waals surface area contributed by atoms with E-state index in [0.29, 0.717) is 18.0 Å². The summed E-state index contributed by atoms with van der Waals surface area (Å²) < 4.78 is 16.1. The second-order valence-electron chi connectivity index (χ2n) is 8.64. The number of hydrogen-bond donors (Lipinski definition) is 1. The van der Waals surface area contributed by atoms with Crippen LogP contribution >= 0.6 is 0 Å². The van der Waals surface area contributed by atoms with Crippen LogP contribution in [0.5, 0.6) is 5.75 Å². The van der Waals surface area contributed by atoms with E-state index < -0.39 is 0 Å². The highest BCUT2D eigenvalue weighted by Crippen LogP contribution is 2.35. The fourth-order valence-corrected chi connectivity index (χ4v) is 4.62. The Balaban J connectivity index is 1.23. The number of carbonyl (C=O) groups excluding carboxylic acids is 1. The zero-order chi connectivity index (χ0) is 23.3. The van der Waals surface area contributed by atoms with E-state index in [4.69, 9.17) is 14.0 Å². The standard InChI is InChI=1S/C24H30N6O4/c1-32-19-4-2-17(3-5-19)21-20-22(26-16-27-24(20)34-28-21)30-9-6-18(7-10-30)23(31)25-8-11-29-12-14-33-15-13-29/h2-5,16,18H,6-15H2,1H3,(H,25,31). The van der Waals surface area contributed by atoms with E-state index in [1.807, 2.05) is 24.3 Å². The highest BCUT2D eigenvalue weighted by Gasteiger charge is 2.28. The number of anilines is 1. The molecule has 2 aliphatic heterocycles. The molecule has 34 heavy (non-hydrogen) atoms. The van der Waals surface area contributed by atoms with Crippen molar-refractivity contribution < 1.29 is 18.8 Å². The van der Waals surface area contributed by atoms with Crippen molar-refractivity contribution in [2.75, 3.05) is 64.5 Å². The average Bonchev–Trinajstić information content (AvgIpc) is 3.34. The van der Waals surface area contributed by atoms with Crippen molar-refractivity contribution in [1.29, 1.82) is 0 Å². The van der Waals surface area contributed by atoms with E-state index in [9.17, 15) is 4.79 Å². The molecule has 0 radical (unpaired) electrons. The van der Waals surface area contributed by atoms with Crippen molar-refractivity contribution in [2.45, 2.75) is 12.8 Å². The van der Waals surface area contributed by atoms with Gasteiger partial charge in [-0.3, -0.25) is 9.69 Å². The summed E-state index contributed by atoms with van der Waals surface area (Å²) >= 11 is 0. The smallest absolute Gasteiger partial charge is 0.263 e. The summed E-state index contributed by atoms with van der Waals surface area (Å²) in [5.41, 5.74) is 2.07. The van der Waals surface area contributed by atoms with Gasteiger partial charge in [0, 0.05) is 50.7 Å². The molecule has 10 nitrogen and oxygen atoms in total. The zero-order valence-electron chi connectivity index (χ0n) is 19.4. The quantitative estimate of drug-likeness (QED) is 0.559. The largest absolute Gasteiger partial charge is 0.497 e. The Morgan fingerprint density at radius 3 is 2.62 bits per heavy atom. The summed E-state index contributed by atoms with van der Waals surface area (Å²) in [6.45, 7) is 6.43. The number of aromatic nitrogens is 3. The first-order chi connectivity index (χ1) is 16.7. The van der Waals surface area contributed by atoms with E-state index in [2.05, 4.69) is 30.2 Å². The first kappa shape index (κ1) is 22.5. The molecule has 0 spiro atoms. The van der Waals surface area contributed by atoms with Crippen molar-refractivity contribution in [3.63, 3.8) is 0 Å². The fraction of sp³-hybridized carbons (Fsp3) is 0.500. The molecule has 4 heterocycles. The lowest BCUT2D eigenvalue weighted by Gasteiger charge is -2.32. The number of rotatable bonds is 7. The van der Waals surface area contributed by atoms with Crippen LogP contribution in [0.2, 0.25) is 0 Å². The van der Waals surface area contributed by atoms with Gasteiger partial charge >= 0.3 is 0 Å². The number of morpholine rings is 1. The Bertz CT molecular complexity index is 1100. The number of amides is 1. The Morgan fingerprint density at radius 1 is 1.12 bits per heavy atom. The van der Waals surface area contributed by atoms with E-state index >= 15 is 0 Å². The molecular formula is C24H30N6O4. The maximum Gasteiger partial charge on any atom is 0.263 e. The number of piperidine rings is 1. The van der Waals surface area contributed by atoms with Crippen LogP contribution in [0.15, 0.2) is 35.1 Å². The van der Waals surface area contributed by atoms with Gasteiger partial charge in [-0.05, 0) is 37.1 Å². The van der Waals surface area contributed by atoms with Crippen LogP contribution in [0.3, 0.4) is 0 Å². The first-order valence-electron chi connectivity index (χ1n) is 11.8. The number of nitrogens with zero attached hydrogens (tertiary/aromatic N) is 5. The molecule has 0 bridgehead atoms. The number of methoxy groups -OCH3 is 1. The van der Waals surface area contributed by atoms with Gasteiger partial charge in [0.1, 0.15) is 29.0 Å². The van der Waals surface area contributed by atoms with Crippen LogP contribution < -0.4 is 15.0 Å². The minimum atomic E-state index is 0.0156. The van der Waals surface area contributed by atoms with Gasteiger partial charge in [-0.25, -0.2) is 4.98 Å². The molecule has 1 aromatic carbocycles. The molecule has 0 atom stereocenters. The molecule has 0 saturated carbocycles. The molecule has 180 valence electrons. The summed E-state index contributed by atoms with van der Waals surface area (Å²) in [5.74, 6) is 1.73. The third-order valence-electron chi connectivity index (χ3n) is 6.61. The molecule has 1 amide bonds. The Labute approximate surface area is 198 Å². The Kier molecular flexibility index (Phi) is 6.87. The van der Waals surface area contributed by atoms with Gasteiger partial charge in [0.25, 0.3) is 5.71 Å². The second kappa shape index (κ2) is 10.4. The van der Waals surface area contributed by atoms with Crippen molar-refractivity contribution in [3.8, 4) is 17.0 Å². The lowest BCUT2D eigenvalue weighted by Crippen LogP contribution is -2.44. The molecule has 1 N–H and O–H groups in total. The second-order valence-corrected chi connectivity index (χ2v) is 8.64. The lowest BCUT2D eigenvalue weighted by molar-refractivity contribution is -0.125. The molecule has 2 aliphatic rings. The lowest BCUT2D eigenvalue weighted by atomic mass is 9.95. The molecule has 2 fully saturated rings. The van der Waals surface area contributed by atoms with E-state index in [1.165, 1.54) is 6.33 Å². The summed E-state index contributed by atoms with van der Waals surface area (Å²) in [4.78, 5) is 26.1. The first-order valence-corrected chi connectivity index (χ1v) is 11.8. The van der Waals surface area contributed by atoms with Crippen LogP contribution in [0.25, 0.3) is 22.4 Å². The molecule has 0 unspecified atom stereocenters. The number of hydrogen-bond acceptors (Lipinski definition) is 9. The highest BCUT2D eigenvalue weighted by molar-refractivity contribution is 5.98. The summed E-state index contributed by atoms with van der Waals surface area (Å²) in [5, 5.41) is 8.18. The van der Waals surface area contributed by atoms with Gasteiger partial charge < -0.3 is 24.2 Å². The van der Waals surface area contributed by atoms with Crippen molar-refractivity contribution in [2.24, 2.45) is 5.92 Å². The van der Waals surface area contributed by atoms with E-state index in [1.54, 1.807) is 7.11 Å². The molecule has 2 aromatic heterocycles. The average molecular weight is 467 g/mol. The molecule has 5 rings (SSSR count). The summed E-state index contributed by atoms with van der Waals surface area (Å²) in [6, 6.07) is 7.67. The van der Waals surface area contributed by atoms with Crippen LogP contribution in [0, 0.1) is 5.92 Å². The van der Waals surface area contributed by atoms with Gasteiger partial charge in [-0.15, -0.1) is 0 Å². The van der Waals surface area contributed by atoms with Crippen LogP contribution in [0.1, 0.15) is 12.8 Å². The van der Waals surface area contributed by atoms with Crippen LogP contribution in [-0.2, 0) is 9.53 Å². The molecule has 0 aliphatic carbocycles. The normalized spacial score (nSPS) is 17.7. The fourth-order valence-electron chi connectivity index (χ4n) is 4.62. The van der Waals surface area contributed by atoms with Crippen molar-refractivity contribution in [1.82, 2.24) is 25.3 Å². The van der Waals surface area contributed by atoms with E-state index in [0.717, 1.165) is 81.3 Å². The van der Waals surface area contributed by atoms with Gasteiger partial charge in [0.15, 0.2) is 0 Å². The Morgan fingerprint density at radius 2 is 1.88 bits per heavy atom. The predicted octanol–water partition coefficient (Wildman–Crippen LogP) is 1.96.